The summed E-state index contributed by atoms with van der Waals surface area (Å²) in [5.41, 5.74) is 2.07. The molecular formula is C14H13ClN2OS. The average Bonchev–Trinajstić information content (AvgIpc) is 2.99. The maximum atomic E-state index is 11.6. The molecule has 0 radical (unpaired) electrons. The Morgan fingerprint density at radius 3 is 2.79 bits per heavy atom. The minimum absolute atomic E-state index is 0.108. The van der Waals surface area contributed by atoms with Gasteiger partial charge in [0.2, 0.25) is 5.91 Å². The second kappa shape index (κ2) is 4.94. The summed E-state index contributed by atoms with van der Waals surface area (Å²) < 4.78 is 1.99. The maximum absolute atomic E-state index is 11.6. The van der Waals surface area contributed by atoms with Gasteiger partial charge in [0.15, 0.2) is 0 Å². The van der Waals surface area contributed by atoms with Crippen LogP contribution in [0.3, 0.4) is 0 Å². The van der Waals surface area contributed by atoms with E-state index in [1.54, 1.807) is 16.7 Å². The summed E-state index contributed by atoms with van der Waals surface area (Å²) in [5, 5.41) is 0.824. The number of carbonyl (C=O) groups excluding carboxylic acids is 1. The summed E-state index contributed by atoms with van der Waals surface area (Å²) in [6, 6.07) is 9.76. The minimum Gasteiger partial charge on any atom is -0.329 e. The number of benzene rings is 1. The number of amides is 1. The molecule has 1 fully saturated rings. The SMILES string of the molecule is CN1C(=O)CS[C@H]1c1ccn(-c2ccccc2Cl)c1. The molecule has 5 heteroatoms. The van der Waals surface area contributed by atoms with Gasteiger partial charge in [-0.2, -0.15) is 0 Å². The monoisotopic (exact) mass is 292 g/mol. The molecule has 3 nitrogen and oxygen atoms in total. The molecule has 0 saturated carbocycles. The predicted octanol–water partition coefficient (Wildman–Crippen LogP) is 3.33. The first-order valence-corrected chi connectivity index (χ1v) is 7.39. The van der Waals surface area contributed by atoms with Crippen LogP contribution in [0.5, 0.6) is 0 Å². The van der Waals surface area contributed by atoms with E-state index in [-0.39, 0.29) is 11.3 Å². The fourth-order valence-corrected chi connectivity index (χ4v) is 3.59. The Balaban J connectivity index is 1.92. The zero-order valence-electron chi connectivity index (χ0n) is 10.4. The van der Waals surface area contributed by atoms with Crippen molar-refractivity contribution in [2.45, 2.75) is 5.37 Å². The van der Waals surface area contributed by atoms with Crippen molar-refractivity contribution in [3.63, 3.8) is 0 Å². The first-order chi connectivity index (χ1) is 9.16. The van der Waals surface area contributed by atoms with Gasteiger partial charge in [-0.1, -0.05) is 23.7 Å². The molecule has 0 unspecified atom stereocenters. The topological polar surface area (TPSA) is 25.2 Å². The molecule has 1 aliphatic rings. The van der Waals surface area contributed by atoms with Crippen LogP contribution < -0.4 is 0 Å². The molecule has 1 saturated heterocycles. The van der Waals surface area contributed by atoms with E-state index < -0.39 is 0 Å². The van der Waals surface area contributed by atoms with E-state index in [9.17, 15) is 4.79 Å². The van der Waals surface area contributed by atoms with Crippen LogP contribution in [-0.4, -0.2) is 28.2 Å². The predicted molar refractivity (Wildman–Crippen MR) is 78.7 cm³/mol. The molecule has 19 heavy (non-hydrogen) atoms. The van der Waals surface area contributed by atoms with Crippen LogP contribution in [0, 0.1) is 0 Å². The number of nitrogens with zero attached hydrogens (tertiary/aromatic N) is 2. The number of rotatable bonds is 2. The Hall–Kier alpha value is -1.39. The number of carbonyl (C=O) groups is 1. The van der Waals surface area contributed by atoms with E-state index in [1.165, 1.54) is 0 Å². The van der Waals surface area contributed by atoms with Crippen molar-refractivity contribution in [2.24, 2.45) is 0 Å². The Morgan fingerprint density at radius 1 is 1.32 bits per heavy atom. The van der Waals surface area contributed by atoms with Gasteiger partial charge in [0.05, 0.1) is 16.5 Å². The summed E-state index contributed by atoms with van der Waals surface area (Å²) >= 11 is 7.84. The summed E-state index contributed by atoms with van der Waals surface area (Å²) in [4.78, 5) is 13.4. The van der Waals surface area contributed by atoms with E-state index in [0.29, 0.717) is 10.8 Å². The molecule has 98 valence electrons. The van der Waals surface area contributed by atoms with E-state index >= 15 is 0 Å². The zero-order chi connectivity index (χ0) is 13.4. The second-order valence-corrected chi connectivity index (χ2v) is 5.95. The van der Waals surface area contributed by atoms with Crippen molar-refractivity contribution in [3.8, 4) is 5.69 Å². The van der Waals surface area contributed by atoms with Crippen LogP contribution in [0.15, 0.2) is 42.7 Å². The quantitative estimate of drug-likeness (QED) is 0.848. The molecule has 1 aromatic heterocycles. The molecule has 1 aromatic carbocycles. The average molecular weight is 293 g/mol. The summed E-state index contributed by atoms with van der Waals surface area (Å²) in [5.74, 6) is 0.735. The van der Waals surface area contributed by atoms with Gasteiger partial charge in [0, 0.05) is 25.0 Å². The summed E-state index contributed by atoms with van der Waals surface area (Å²) in [6.45, 7) is 0. The third-order valence-electron chi connectivity index (χ3n) is 3.24. The van der Waals surface area contributed by atoms with Gasteiger partial charge in [-0.05, 0) is 18.2 Å². The number of thioether (sulfide) groups is 1. The lowest BCUT2D eigenvalue weighted by atomic mass is 10.3. The number of halogens is 1. The maximum Gasteiger partial charge on any atom is 0.233 e. The molecule has 1 aliphatic heterocycles. The number of para-hydroxylation sites is 1. The molecule has 2 aromatic rings. The number of hydrogen-bond donors (Lipinski definition) is 0. The van der Waals surface area contributed by atoms with Gasteiger partial charge < -0.3 is 9.47 Å². The third kappa shape index (κ3) is 2.26. The molecular weight excluding hydrogens is 280 g/mol. The normalized spacial score (nSPS) is 19.2. The smallest absolute Gasteiger partial charge is 0.233 e. The molecule has 1 atom stereocenters. The highest BCUT2D eigenvalue weighted by atomic mass is 35.5. The van der Waals surface area contributed by atoms with E-state index in [2.05, 4.69) is 0 Å². The van der Waals surface area contributed by atoms with Gasteiger partial charge >= 0.3 is 0 Å². The minimum atomic E-state index is 0.108. The summed E-state index contributed by atoms with van der Waals surface area (Å²) in [6.07, 6.45) is 4.02. The van der Waals surface area contributed by atoms with Gasteiger partial charge in [0.1, 0.15) is 5.37 Å². The van der Waals surface area contributed by atoms with Crippen LogP contribution >= 0.6 is 23.4 Å². The fraction of sp³-hybridized carbons (Fsp3) is 0.214. The summed E-state index contributed by atoms with van der Waals surface area (Å²) in [7, 11) is 1.85. The van der Waals surface area contributed by atoms with E-state index in [1.807, 2.05) is 54.3 Å². The van der Waals surface area contributed by atoms with Crippen molar-refractivity contribution in [3.05, 3.63) is 53.3 Å². The fourth-order valence-electron chi connectivity index (χ4n) is 2.18. The highest BCUT2D eigenvalue weighted by Crippen LogP contribution is 2.37. The van der Waals surface area contributed by atoms with Crippen LogP contribution in [0.25, 0.3) is 5.69 Å². The Kier molecular flexibility index (Phi) is 3.29. The van der Waals surface area contributed by atoms with E-state index in [4.69, 9.17) is 11.6 Å². The third-order valence-corrected chi connectivity index (χ3v) is 4.88. The Bertz CT molecular complexity index is 625. The van der Waals surface area contributed by atoms with Crippen molar-refractivity contribution in [2.75, 3.05) is 12.8 Å². The van der Waals surface area contributed by atoms with Crippen LogP contribution in [0.4, 0.5) is 0 Å². The Labute approximate surface area is 121 Å². The largest absolute Gasteiger partial charge is 0.329 e. The van der Waals surface area contributed by atoms with Crippen molar-refractivity contribution >= 4 is 29.3 Å². The lowest BCUT2D eigenvalue weighted by Crippen LogP contribution is -2.22. The van der Waals surface area contributed by atoms with Crippen molar-refractivity contribution in [1.82, 2.24) is 9.47 Å². The molecule has 0 aliphatic carbocycles. The number of aromatic nitrogens is 1. The lowest BCUT2D eigenvalue weighted by molar-refractivity contribution is -0.126. The highest BCUT2D eigenvalue weighted by Gasteiger charge is 2.30. The molecule has 1 amide bonds. The highest BCUT2D eigenvalue weighted by molar-refractivity contribution is 8.00. The molecule has 0 bridgehead atoms. The standard InChI is InChI=1S/C14H13ClN2OS/c1-16-13(18)9-19-14(16)10-6-7-17(8-10)12-5-3-2-4-11(12)15/h2-8,14H,9H2,1H3/t14-/m0/s1. The van der Waals surface area contributed by atoms with Crippen LogP contribution in [0.2, 0.25) is 5.02 Å². The first-order valence-electron chi connectivity index (χ1n) is 5.97. The molecule has 0 N–H and O–H groups in total. The van der Waals surface area contributed by atoms with Gasteiger partial charge in [-0.25, -0.2) is 0 Å². The molecule has 0 spiro atoms. The van der Waals surface area contributed by atoms with Gasteiger partial charge in [0.25, 0.3) is 0 Å². The van der Waals surface area contributed by atoms with Crippen LogP contribution in [0.1, 0.15) is 10.9 Å². The van der Waals surface area contributed by atoms with E-state index in [0.717, 1.165) is 11.3 Å². The Morgan fingerprint density at radius 2 is 2.11 bits per heavy atom. The number of hydrogen-bond acceptors (Lipinski definition) is 2. The van der Waals surface area contributed by atoms with Crippen molar-refractivity contribution < 1.29 is 4.79 Å². The van der Waals surface area contributed by atoms with Crippen LogP contribution in [-0.2, 0) is 4.79 Å². The van der Waals surface area contributed by atoms with Gasteiger partial charge in [-0.15, -0.1) is 11.8 Å². The lowest BCUT2D eigenvalue weighted by Gasteiger charge is -2.17. The van der Waals surface area contributed by atoms with Crippen molar-refractivity contribution in [1.29, 1.82) is 0 Å². The first kappa shape index (κ1) is 12.6. The second-order valence-electron chi connectivity index (χ2n) is 4.47. The molecule has 2 heterocycles. The zero-order valence-corrected chi connectivity index (χ0v) is 12.0. The van der Waals surface area contributed by atoms with Gasteiger partial charge in [-0.3, -0.25) is 4.79 Å². The molecule has 3 rings (SSSR count).